The number of amides is 1. The maximum absolute atomic E-state index is 11.8. The van der Waals surface area contributed by atoms with Gasteiger partial charge in [-0.2, -0.15) is 0 Å². The summed E-state index contributed by atoms with van der Waals surface area (Å²) in [5.41, 5.74) is 5.78. The molecule has 0 aliphatic heterocycles. The molecule has 0 saturated heterocycles. The summed E-state index contributed by atoms with van der Waals surface area (Å²) in [6.45, 7) is 5.37. The topological polar surface area (TPSA) is 58.4 Å². The summed E-state index contributed by atoms with van der Waals surface area (Å²) in [6.07, 6.45) is 1.48. The molecule has 1 atom stereocenters. The molecule has 0 radical (unpaired) electrons. The maximum Gasteiger partial charge on any atom is 0.221 e. The van der Waals surface area contributed by atoms with Gasteiger partial charge in [0.2, 0.25) is 5.91 Å². The molecule has 4 nitrogen and oxygen atoms in total. The second-order valence-corrected chi connectivity index (χ2v) is 6.16. The molecule has 1 unspecified atom stereocenters. The van der Waals surface area contributed by atoms with E-state index in [-0.39, 0.29) is 18.0 Å². The molecule has 0 fully saturated rings. The van der Waals surface area contributed by atoms with Crippen LogP contribution in [0.3, 0.4) is 0 Å². The summed E-state index contributed by atoms with van der Waals surface area (Å²) in [4.78, 5) is 15.3. The average Bonchev–Trinajstić information content (AvgIpc) is 2.85. The molecule has 0 aliphatic rings. The van der Waals surface area contributed by atoms with E-state index in [9.17, 15) is 4.79 Å². The van der Waals surface area contributed by atoms with Crippen LogP contribution in [0.15, 0.2) is 17.5 Å². The van der Waals surface area contributed by atoms with Crippen molar-refractivity contribution >= 4 is 17.2 Å². The van der Waals surface area contributed by atoms with Crippen molar-refractivity contribution < 1.29 is 4.79 Å². The van der Waals surface area contributed by atoms with E-state index in [1.165, 1.54) is 4.88 Å². The number of carbonyl (C=O) groups excluding carboxylic acids is 1. The molecule has 3 N–H and O–H groups in total. The third-order valence-electron chi connectivity index (χ3n) is 3.06. The van der Waals surface area contributed by atoms with E-state index in [0.717, 1.165) is 13.0 Å². The first-order valence-corrected chi connectivity index (χ1v) is 7.63. The predicted octanol–water partition coefficient (Wildman–Crippen LogP) is 1.46. The number of carbonyl (C=O) groups is 1. The van der Waals surface area contributed by atoms with Gasteiger partial charge in [-0.1, -0.05) is 6.07 Å². The van der Waals surface area contributed by atoms with Gasteiger partial charge in [-0.05, 0) is 38.8 Å². The van der Waals surface area contributed by atoms with E-state index >= 15 is 0 Å². The van der Waals surface area contributed by atoms with E-state index in [2.05, 4.69) is 27.7 Å². The Kier molecular flexibility index (Phi) is 7.05. The molecule has 1 rings (SSSR count). The molecule has 108 valence electrons. The number of nitrogens with one attached hydrogen (secondary N) is 1. The van der Waals surface area contributed by atoms with Crippen LogP contribution in [0.5, 0.6) is 0 Å². The van der Waals surface area contributed by atoms with Gasteiger partial charge < -0.3 is 16.0 Å². The Hall–Kier alpha value is -0.910. The van der Waals surface area contributed by atoms with Crippen LogP contribution in [-0.4, -0.2) is 43.0 Å². The number of nitrogens with zero attached hydrogens (tertiary/aromatic N) is 1. The number of hydrogen-bond acceptors (Lipinski definition) is 4. The fourth-order valence-electron chi connectivity index (χ4n) is 1.94. The number of thiophene rings is 1. The van der Waals surface area contributed by atoms with E-state index in [0.29, 0.717) is 13.0 Å². The quantitative estimate of drug-likeness (QED) is 0.759. The fraction of sp³-hybridized carbons (Fsp3) is 0.643. The first-order valence-electron chi connectivity index (χ1n) is 6.75. The molecular weight excluding hydrogens is 258 g/mol. The monoisotopic (exact) mass is 283 g/mol. The third-order valence-corrected chi connectivity index (χ3v) is 3.99. The van der Waals surface area contributed by atoms with Crippen LogP contribution >= 0.6 is 11.3 Å². The highest BCUT2D eigenvalue weighted by Gasteiger charge is 2.17. The van der Waals surface area contributed by atoms with Crippen LogP contribution in [0.4, 0.5) is 0 Å². The highest BCUT2D eigenvalue weighted by atomic mass is 32.1. The normalized spacial score (nSPS) is 12.9. The second kappa shape index (κ2) is 8.30. The summed E-state index contributed by atoms with van der Waals surface area (Å²) in [6, 6.07) is 4.50. The largest absolute Gasteiger partial charge is 0.354 e. The van der Waals surface area contributed by atoms with E-state index in [1.54, 1.807) is 11.3 Å². The van der Waals surface area contributed by atoms with Crippen molar-refractivity contribution in [3.05, 3.63) is 22.4 Å². The number of hydrogen-bond donors (Lipinski definition) is 2. The van der Waals surface area contributed by atoms with E-state index in [4.69, 9.17) is 5.73 Å². The standard InChI is InChI=1S/C14H25N3OS/c1-11(2)16-14(18)9-12(10-15)17(3)7-6-13-5-4-8-19-13/h4-5,8,11-12H,6-7,9-10,15H2,1-3H3,(H,16,18). The zero-order valence-corrected chi connectivity index (χ0v) is 12.9. The minimum atomic E-state index is 0.0772. The molecule has 1 heterocycles. The lowest BCUT2D eigenvalue weighted by molar-refractivity contribution is -0.122. The average molecular weight is 283 g/mol. The van der Waals surface area contributed by atoms with Crippen LogP contribution in [0, 0.1) is 0 Å². The van der Waals surface area contributed by atoms with Gasteiger partial charge in [-0.15, -0.1) is 11.3 Å². The number of nitrogens with two attached hydrogens (primary N) is 1. The van der Waals surface area contributed by atoms with Crippen molar-refractivity contribution in [3.8, 4) is 0 Å². The predicted molar refractivity (Wildman–Crippen MR) is 81.4 cm³/mol. The minimum absolute atomic E-state index is 0.0772. The van der Waals surface area contributed by atoms with Gasteiger partial charge in [0.1, 0.15) is 0 Å². The summed E-state index contributed by atoms with van der Waals surface area (Å²) in [5.74, 6) is 0.0772. The summed E-state index contributed by atoms with van der Waals surface area (Å²) in [5, 5.41) is 5.00. The zero-order valence-electron chi connectivity index (χ0n) is 12.1. The molecule has 0 aliphatic carbocycles. The molecule has 1 aromatic rings. The van der Waals surface area contributed by atoms with Gasteiger partial charge in [0.05, 0.1) is 0 Å². The van der Waals surface area contributed by atoms with Gasteiger partial charge in [0, 0.05) is 36.5 Å². The Morgan fingerprint density at radius 1 is 1.53 bits per heavy atom. The molecule has 0 spiro atoms. The Labute approximate surface area is 120 Å². The van der Waals surface area contributed by atoms with Crippen molar-refractivity contribution in [1.82, 2.24) is 10.2 Å². The molecule has 0 aromatic carbocycles. The Morgan fingerprint density at radius 3 is 2.79 bits per heavy atom. The van der Waals surface area contributed by atoms with Crippen molar-refractivity contribution in [2.24, 2.45) is 5.73 Å². The van der Waals surface area contributed by atoms with E-state index < -0.39 is 0 Å². The Morgan fingerprint density at radius 2 is 2.26 bits per heavy atom. The lowest BCUT2D eigenvalue weighted by atomic mass is 10.1. The molecule has 5 heteroatoms. The van der Waals surface area contributed by atoms with Crippen LogP contribution in [-0.2, 0) is 11.2 Å². The smallest absolute Gasteiger partial charge is 0.221 e. The molecule has 0 saturated carbocycles. The second-order valence-electron chi connectivity index (χ2n) is 5.13. The van der Waals surface area contributed by atoms with Crippen molar-refractivity contribution in [2.45, 2.75) is 38.8 Å². The maximum atomic E-state index is 11.8. The highest BCUT2D eigenvalue weighted by Crippen LogP contribution is 2.11. The summed E-state index contributed by atoms with van der Waals surface area (Å²) >= 11 is 1.77. The Balaban J connectivity index is 2.38. The first-order chi connectivity index (χ1) is 9.02. The molecular formula is C14H25N3OS. The summed E-state index contributed by atoms with van der Waals surface area (Å²) in [7, 11) is 2.04. The highest BCUT2D eigenvalue weighted by molar-refractivity contribution is 7.09. The number of likely N-dealkylation sites (N-methyl/N-ethyl adjacent to an activating group) is 1. The van der Waals surface area contributed by atoms with Gasteiger partial charge in [-0.3, -0.25) is 4.79 Å². The lowest BCUT2D eigenvalue weighted by Gasteiger charge is -2.26. The van der Waals surface area contributed by atoms with Crippen molar-refractivity contribution in [3.63, 3.8) is 0 Å². The first kappa shape index (κ1) is 16.1. The van der Waals surface area contributed by atoms with E-state index in [1.807, 2.05) is 20.9 Å². The third kappa shape index (κ3) is 6.18. The lowest BCUT2D eigenvalue weighted by Crippen LogP contribution is -2.43. The molecule has 1 amide bonds. The minimum Gasteiger partial charge on any atom is -0.354 e. The number of rotatable bonds is 8. The van der Waals surface area contributed by atoms with Gasteiger partial charge in [0.25, 0.3) is 0 Å². The SMILES string of the molecule is CC(C)NC(=O)CC(CN)N(C)CCc1cccs1. The van der Waals surface area contributed by atoms with Crippen molar-refractivity contribution in [1.29, 1.82) is 0 Å². The van der Waals surface area contributed by atoms with Crippen LogP contribution in [0.1, 0.15) is 25.1 Å². The zero-order chi connectivity index (χ0) is 14.3. The van der Waals surface area contributed by atoms with Crippen LogP contribution in [0.25, 0.3) is 0 Å². The van der Waals surface area contributed by atoms with Gasteiger partial charge in [0.15, 0.2) is 0 Å². The molecule has 1 aromatic heterocycles. The van der Waals surface area contributed by atoms with Gasteiger partial charge in [-0.25, -0.2) is 0 Å². The Bertz CT molecular complexity index is 365. The molecule has 19 heavy (non-hydrogen) atoms. The van der Waals surface area contributed by atoms with Crippen LogP contribution < -0.4 is 11.1 Å². The molecule has 0 bridgehead atoms. The van der Waals surface area contributed by atoms with Crippen molar-refractivity contribution in [2.75, 3.05) is 20.1 Å². The summed E-state index contributed by atoms with van der Waals surface area (Å²) < 4.78 is 0. The van der Waals surface area contributed by atoms with Crippen LogP contribution in [0.2, 0.25) is 0 Å². The van der Waals surface area contributed by atoms with Gasteiger partial charge >= 0.3 is 0 Å². The fourth-order valence-corrected chi connectivity index (χ4v) is 2.64.